The first-order chi connectivity index (χ1) is 18.4. The molecule has 6 aromatic rings. The molecule has 0 aliphatic heterocycles. The minimum absolute atomic E-state index is 0.0425. The number of benzene rings is 6. The standard InChI is InChI=1S/C36H28N2/c1-36(2)33-14-8-7-13-29(33)30-16-15-24(21-34(30)36)25-17-18-28(27-12-6-5-11-26(25)27)31-19-22-9-3-4-10-23(22)20-32(31)35(37)38/h3-21H,1-2H3,(H3,37,38). The lowest BCUT2D eigenvalue weighted by atomic mass is 9.81. The van der Waals surface area contributed by atoms with Gasteiger partial charge in [-0.25, -0.2) is 0 Å². The van der Waals surface area contributed by atoms with E-state index in [2.05, 4.69) is 111 Å². The number of rotatable bonds is 3. The maximum atomic E-state index is 8.33. The van der Waals surface area contributed by atoms with Gasteiger partial charge in [-0.2, -0.15) is 0 Å². The first-order valence-corrected chi connectivity index (χ1v) is 13.1. The van der Waals surface area contributed by atoms with Gasteiger partial charge in [0.2, 0.25) is 0 Å². The molecule has 0 unspecified atom stereocenters. The fourth-order valence-electron chi connectivity index (χ4n) is 6.34. The van der Waals surface area contributed by atoms with Gasteiger partial charge in [-0.1, -0.05) is 111 Å². The number of amidine groups is 1. The summed E-state index contributed by atoms with van der Waals surface area (Å²) in [5.74, 6) is 0.0827. The van der Waals surface area contributed by atoms with E-state index in [1.165, 1.54) is 38.8 Å². The van der Waals surface area contributed by atoms with Crippen molar-refractivity contribution in [3.8, 4) is 33.4 Å². The highest BCUT2D eigenvalue weighted by atomic mass is 14.7. The summed E-state index contributed by atoms with van der Waals surface area (Å²) in [7, 11) is 0. The summed E-state index contributed by atoms with van der Waals surface area (Å²) < 4.78 is 0. The Bertz CT molecular complexity index is 1930. The SMILES string of the molecule is CC1(C)c2ccccc2-c2ccc(-c3ccc(-c4cc5ccccc5cc4C(=N)N)c4ccccc34)cc21. The molecule has 0 saturated heterocycles. The van der Waals surface area contributed by atoms with Crippen molar-refractivity contribution in [2.45, 2.75) is 19.3 Å². The molecule has 0 amide bonds. The highest BCUT2D eigenvalue weighted by Gasteiger charge is 2.35. The minimum atomic E-state index is -0.0425. The number of hydrogen-bond donors (Lipinski definition) is 2. The monoisotopic (exact) mass is 488 g/mol. The van der Waals surface area contributed by atoms with Crippen LogP contribution in [0.15, 0.2) is 115 Å². The zero-order valence-electron chi connectivity index (χ0n) is 21.5. The van der Waals surface area contributed by atoms with Crippen molar-refractivity contribution >= 4 is 27.4 Å². The summed E-state index contributed by atoms with van der Waals surface area (Å²) in [5.41, 5.74) is 16.8. The van der Waals surface area contributed by atoms with Gasteiger partial charge < -0.3 is 5.73 Å². The number of nitrogen functional groups attached to an aromatic ring is 1. The highest BCUT2D eigenvalue weighted by molar-refractivity contribution is 6.12. The van der Waals surface area contributed by atoms with E-state index >= 15 is 0 Å². The summed E-state index contributed by atoms with van der Waals surface area (Å²) in [6, 6.07) is 41.2. The van der Waals surface area contributed by atoms with Crippen LogP contribution in [0.4, 0.5) is 0 Å². The number of nitrogens with two attached hydrogens (primary N) is 1. The maximum Gasteiger partial charge on any atom is 0.123 e. The van der Waals surface area contributed by atoms with Crippen LogP contribution < -0.4 is 5.73 Å². The molecular weight excluding hydrogens is 460 g/mol. The first kappa shape index (κ1) is 22.5. The molecule has 7 rings (SSSR count). The molecule has 6 aromatic carbocycles. The third-order valence-electron chi connectivity index (χ3n) is 8.28. The van der Waals surface area contributed by atoms with Crippen molar-refractivity contribution in [1.82, 2.24) is 0 Å². The largest absolute Gasteiger partial charge is 0.384 e. The molecule has 0 radical (unpaired) electrons. The van der Waals surface area contributed by atoms with Gasteiger partial charge in [0.1, 0.15) is 5.84 Å². The van der Waals surface area contributed by atoms with E-state index in [1.54, 1.807) is 0 Å². The van der Waals surface area contributed by atoms with Crippen LogP contribution in [-0.4, -0.2) is 5.84 Å². The van der Waals surface area contributed by atoms with Crippen molar-refractivity contribution in [3.63, 3.8) is 0 Å². The van der Waals surface area contributed by atoms with Crippen LogP contribution in [0.1, 0.15) is 30.5 Å². The molecule has 0 saturated carbocycles. The van der Waals surface area contributed by atoms with E-state index in [4.69, 9.17) is 11.1 Å². The Kier molecular flexibility index (Phi) is 4.83. The summed E-state index contributed by atoms with van der Waals surface area (Å²) in [6.45, 7) is 4.65. The molecule has 0 spiro atoms. The molecule has 2 heteroatoms. The average Bonchev–Trinajstić information content (AvgIpc) is 3.18. The van der Waals surface area contributed by atoms with E-state index < -0.39 is 0 Å². The third kappa shape index (κ3) is 3.23. The zero-order valence-corrected chi connectivity index (χ0v) is 21.5. The molecule has 0 atom stereocenters. The summed E-state index contributed by atoms with van der Waals surface area (Å²) in [6.07, 6.45) is 0. The number of nitrogens with one attached hydrogen (secondary N) is 1. The molecule has 182 valence electrons. The van der Waals surface area contributed by atoms with Gasteiger partial charge in [-0.15, -0.1) is 0 Å². The van der Waals surface area contributed by atoms with Gasteiger partial charge in [0.25, 0.3) is 0 Å². The third-order valence-corrected chi connectivity index (χ3v) is 8.28. The summed E-state index contributed by atoms with van der Waals surface area (Å²) in [4.78, 5) is 0. The predicted octanol–water partition coefficient (Wildman–Crippen LogP) is 8.92. The molecule has 38 heavy (non-hydrogen) atoms. The van der Waals surface area contributed by atoms with Gasteiger partial charge in [-0.05, 0) is 84.3 Å². The normalized spacial score (nSPS) is 13.4. The average molecular weight is 489 g/mol. The number of hydrogen-bond acceptors (Lipinski definition) is 1. The Hall–Kier alpha value is -4.69. The molecule has 0 aromatic heterocycles. The van der Waals surface area contributed by atoms with Crippen LogP contribution in [0.3, 0.4) is 0 Å². The fourth-order valence-corrected chi connectivity index (χ4v) is 6.34. The van der Waals surface area contributed by atoms with Crippen LogP contribution in [-0.2, 0) is 5.41 Å². The Morgan fingerprint density at radius 3 is 1.89 bits per heavy atom. The van der Waals surface area contributed by atoms with E-state index in [0.717, 1.165) is 32.8 Å². The molecule has 0 fully saturated rings. The summed E-state index contributed by atoms with van der Waals surface area (Å²) >= 11 is 0. The topological polar surface area (TPSA) is 49.9 Å². The van der Waals surface area contributed by atoms with Gasteiger partial charge in [-0.3, -0.25) is 5.41 Å². The minimum Gasteiger partial charge on any atom is -0.384 e. The first-order valence-electron chi connectivity index (χ1n) is 13.1. The summed E-state index contributed by atoms with van der Waals surface area (Å²) in [5, 5.41) is 12.9. The van der Waals surface area contributed by atoms with Gasteiger partial charge in [0.05, 0.1) is 0 Å². The van der Waals surface area contributed by atoms with Crippen LogP contribution in [0, 0.1) is 5.41 Å². The van der Waals surface area contributed by atoms with E-state index in [-0.39, 0.29) is 11.3 Å². The second-order valence-corrected chi connectivity index (χ2v) is 10.8. The second kappa shape index (κ2) is 8.16. The lowest BCUT2D eigenvalue weighted by Gasteiger charge is -2.22. The maximum absolute atomic E-state index is 8.33. The molecule has 3 N–H and O–H groups in total. The fraction of sp³-hybridized carbons (Fsp3) is 0.0833. The van der Waals surface area contributed by atoms with Crippen molar-refractivity contribution in [3.05, 3.63) is 132 Å². The second-order valence-electron chi connectivity index (χ2n) is 10.8. The van der Waals surface area contributed by atoms with Crippen LogP contribution in [0.2, 0.25) is 0 Å². The molecule has 1 aliphatic carbocycles. The molecule has 1 aliphatic rings. The van der Waals surface area contributed by atoms with Crippen LogP contribution in [0.5, 0.6) is 0 Å². The van der Waals surface area contributed by atoms with Crippen LogP contribution >= 0.6 is 0 Å². The van der Waals surface area contributed by atoms with Crippen molar-refractivity contribution < 1.29 is 0 Å². The smallest absolute Gasteiger partial charge is 0.123 e. The Morgan fingerprint density at radius 2 is 1.13 bits per heavy atom. The van der Waals surface area contributed by atoms with E-state index in [9.17, 15) is 0 Å². The number of fused-ring (bicyclic) bond motifs is 5. The molecular formula is C36H28N2. The quantitative estimate of drug-likeness (QED) is 0.190. The zero-order chi connectivity index (χ0) is 26.0. The van der Waals surface area contributed by atoms with E-state index in [1.807, 2.05) is 18.2 Å². The van der Waals surface area contributed by atoms with Crippen molar-refractivity contribution in [1.29, 1.82) is 5.41 Å². The van der Waals surface area contributed by atoms with Crippen LogP contribution in [0.25, 0.3) is 54.9 Å². The highest BCUT2D eigenvalue weighted by Crippen LogP contribution is 2.50. The van der Waals surface area contributed by atoms with Gasteiger partial charge >= 0.3 is 0 Å². The van der Waals surface area contributed by atoms with Gasteiger partial charge in [0.15, 0.2) is 0 Å². The Labute approximate surface area is 222 Å². The lowest BCUT2D eigenvalue weighted by molar-refractivity contribution is 0.660. The predicted molar refractivity (Wildman–Crippen MR) is 161 cm³/mol. The van der Waals surface area contributed by atoms with E-state index in [0.29, 0.717) is 0 Å². The van der Waals surface area contributed by atoms with Crippen molar-refractivity contribution in [2.24, 2.45) is 5.73 Å². The lowest BCUT2D eigenvalue weighted by Crippen LogP contribution is -2.14. The Morgan fingerprint density at radius 1 is 0.553 bits per heavy atom. The van der Waals surface area contributed by atoms with Crippen molar-refractivity contribution in [2.75, 3.05) is 0 Å². The molecule has 0 heterocycles. The van der Waals surface area contributed by atoms with Gasteiger partial charge in [0, 0.05) is 11.0 Å². The molecule has 0 bridgehead atoms. The molecule has 2 nitrogen and oxygen atoms in total. The Balaban J connectivity index is 1.44.